The summed E-state index contributed by atoms with van der Waals surface area (Å²) < 4.78 is 0. The maximum Gasteiger partial charge on any atom is 0.0101 e. The van der Waals surface area contributed by atoms with Crippen molar-refractivity contribution in [3.8, 4) is 0 Å². The molecular weight excluding hydrogens is 194 g/mol. The predicted molar refractivity (Wildman–Crippen MR) is 70.7 cm³/mol. The van der Waals surface area contributed by atoms with E-state index in [-0.39, 0.29) is 0 Å². The molecule has 1 heteroatoms. The van der Waals surface area contributed by atoms with Gasteiger partial charge in [0.2, 0.25) is 0 Å². The van der Waals surface area contributed by atoms with Gasteiger partial charge in [0.1, 0.15) is 0 Å². The zero-order valence-electron chi connectivity index (χ0n) is 11.3. The molecule has 94 valence electrons. The molecule has 2 bridgehead atoms. The number of nitrogens with zero attached hydrogens (tertiary/aromatic N) is 1. The van der Waals surface area contributed by atoms with Gasteiger partial charge in [-0.3, -0.25) is 4.90 Å². The van der Waals surface area contributed by atoms with Crippen LogP contribution in [0.4, 0.5) is 0 Å². The van der Waals surface area contributed by atoms with E-state index < -0.39 is 0 Å². The highest BCUT2D eigenvalue weighted by Gasteiger charge is 2.35. The Bertz CT molecular complexity index is 188. The second-order valence-electron chi connectivity index (χ2n) is 6.11. The number of piperidine rings is 2. The van der Waals surface area contributed by atoms with Gasteiger partial charge in [0.05, 0.1) is 0 Å². The average molecular weight is 223 g/mol. The molecule has 2 fully saturated rings. The first kappa shape index (κ1) is 12.4. The van der Waals surface area contributed by atoms with Gasteiger partial charge >= 0.3 is 0 Å². The minimum absolute atomic E-state index is 0.948. The van der Waals surface area contributed by atoms with E-state index in [2.05, 4.69) is 18.7 Å². The second kappa shape index (κ2) is 6.05. The molecule has 0 spiro atoms. The van der Waals surface area contributed by atoms with Crippen molar-refractivity contribution in [2.24, 2.45) is 5.92 Å². The number of unbranched alkanes of at least 4 members (excludes halogenated alkanes) is 3. The third-order valence-corrected chi connectivity index (χ3v) is 4.63. The van der Waals surface area contributed by atoms with Crippen LogP contribution in [0.25, 0.3) is 0 Å². The molecule has 1 nitrogen and oxygen atoms in total. The molecule has 2 atom stereocenters. The zero-order chi connectivity index (χ0) is 11.4. The summed E-state index contributed by atoms with van der Waals surface area (Å²) >= 11 is 0. The molecule has 0 saturated carbocycles. The largest absolute Gasteiger partial charge is 0.297 e. The van der Waals surface area contributed by atoms with Crippen molar-refractivity contribution in [2.45, 2.75) is 83.7 Å². The molecule has 2 unspecified atom stereocenters. The number of hydrogen-bond acceptors (Lipinski definition) is 1. The maximum absolute atomic E-state index is 2.87. The molecule has 2 aliphatic heterocycles. The highest BCUT2D eigenvalue weighted by Crippen LogP contribution is 2.36. The van der Waals surface area contributed by atoms with Crippen molar-refractivity contribution in [2.75, 3.05) is 6.54 Å². The van der Waals surface area contributed by atoms with Crippen LogP contribution in [0.1, 0.15) is 71.6 Å². The maximum atomic E-state index is 2.87. The van der Waals surface area contributed by atoms with E-state index in [1.807, 2.05) is 0 Å². The molecule has 0 aromatic carbocycles. The smallest absolute Gasteiger partial charge is 0.0101 e. The molecule has 2 rings (SSSR count). The van der Waals surface area contributed by atoms with E-state index in [0.29, 0.717) is 0 Å². The van der Waals surface area contributed by atoms with Crippen LogP contribution in [0.2, 0.25) is 0 Å². The first-order chi connectivity index (χ1) is 7.81. The van der Waals surface area contributed by atoms with E-state index in [9.17, 15) is 0 Å². The summed E-state index contributed by atoms with van der Waals surface area (Å²) in [5, 5.41) is 0. The minimum Gasteiger partial charge on any atom is -0.297 e. The highest BCUT2D eigenvalue weighted by molar-refractivity contribution is 4.91. The standard InChI is InChI=1S/C15H29N/c1-3-4-5-6-10-16-14-8-7-9-15(16)12-13(2)11-14/h13-15H,3-12H2,1-2H3. The summed E-state index contributed by atoms with van der Waals surface area (Å²) in [6.45, 7) is 6.15. The first-order valence-electron chi connectivity index (χ1n) is 7.57. The van der Waals surface area contributed by atoms with Gasteiger partial charge in [-0.05, 0) is 44.6 Å². The van der Waals surface area contributed by atoms with Gasteiger partial charge in [0.25, 0.3) is 0 Å². The lowest BCUT2D eigenvalue weighted by atomic mass is 9.79. The van der Waals surface area contributed by atoms with Crippen molar-refractivity contribution >= 4 is 0 Å². The lowest BCUT2D eigenvalue weighted by molar-refractivity contribution is 0.0166. The topological polar surface area (TPSA) is 3.24 Å². The van der Waals surface area contributed by atoms with Crippen LogP contribution < -0.4 is 0 Å². The Hall–Kier alpha value is -0.0400. The van der Waals surface area contributed by atoms with Crippen molar-refractivity contribution in [1.29, 1.82) is 0 Å². The van der Waals surface area contributed by atoms with E-state index in [0.717, 1.165) is 18.0 Å². The van der Waals surface area contributed by atoms with Gasteiger partial charge in [0.15, 0.2) is 0 Å². The molecule has 16 heavy (non-hydrogen) atoms. The summed E-state index contributed by atoms with van der Waals surface area (Å²) in [5.74, 6) is 0.988. The van der Waals surface area contributed by atoms with Crippen molar-refractivity contribution in [3.05, 3.63) is 0 Å². The summed E-state index contributed by atoms with van der Waals surface area (Å²) in [7, 11) is 0. The van der Waals surface area contributed by atoms with Crippen molar-refractivity contribution < 1.29 is 0 Å². The van der Waals surface area contributed by atoms with E-state index in [1.54, 1.807) is 0 Å². The van der Waals surface area contributed by atoms with Gasteiger partial charge in [-0.25, -0.2) is 0 Å². The van der Waals surface area contributed by atoms with E-state index in [4.69, 9.17) is 0 Å². The zero-order valence-corrected chi connectivity index (χ0v) is 11.3. The number of fused-ring (bicyclic) bond motifs is 2. The fourth-order valence-electron chi connectivity index (χ4n) is 3.84. The molecule has 2 aliphatic rings. The normalized spacial score (nSPS) is 35.2. The summed E-state index contributed by atoms with van der Waals surface area (Å²) in [6.07, 6.45) is 13.1. The van der Waals surface area contributed by atoms with Gasteiger partial charge in [-0.2, -0.15) is 0 Å². The molecule has 0 amide bonds. The van der Waals surface area contributed by atoms with Crippen molar-refractivity contribution in [1.82, 2.24) is 4.90 Å². The van der Waals surface area contributed by atoms with E-state index in [1.165, 1.54) is 64.3 Å². The Morgan fingerprint density at radius 1 is 1.00 bits per heavy atom. The molecule has 0 aliphatic carbocycles. The first-order valence-corrected chi connectivity index (χ1v) is 7.57. The van der Waals surface area contributed by atoms with Crippen molar-refractivity contribution in [3.63, 3.8) is 0 Å². The fourth-order valence-corrected chi connectivity index (χ4v) is 3.84. The average Bonchev–Trinajstić information content (AvgIpc) is 2.25. The van der Waals surface area contributed by atoms with Gasteiger partial charge in [0, 0.05) is 12.1 Å². The van der Waals surface area contributed by atoms with Crippen LogP contribution in [-0.2, 0) is 0 Å². The van der Waals surface area contributed by atoms with Gasteiger partial charge in [-0.1, -0.05) is 39.5 Å². The Kier molecular flexibility index (Phi) is 4.69. The van der Waals surface area contributed by atoms with Crippen LogP contribution in [0.3, 0.4) is 0 Å². The minimum atomic E-state index is 0.948. The fraction of sp³-hybridized carbons (Fsp3) is 1.00. The SMILES string of the molecule is CCCCCCN1C2CCCC1CC(C)C2. The molecule has 0 radical (unpaired) electrons. The lowest BCUT2D eigenvalue weighted by Gasteiger charge is -2.48. The molecule has 2 saturated heterocycles. The van der Waals surface area contributed by atoms with Gasteiger partial charge < -0.3 is 0 Å². The summed E-state index contributed by atoms with van der Waals surface area (Å²) in [6, 6.07) is 1.90. The third-order valence-electron chi connectivity index (χ3n) is 4.63. The molecule has 0 aromatic heterocycles. The Morgan fingerprint density at radius 2 is 1.69 bits per heavy atom. The Balaban J connectivity index is 1.79. The quantitative estimate of drug-likeness (QED) is 0.631. The molecular formula is C15H29N. The number of rotatable bonds is 5. The lowest BCUT2D eigenvalue weighted by Crippen LogP contribution is -2.51. The molecule has 0 N–H and O–H groups in total. The molecule has 0 aromatic rings. The van der Waals surface area contributed by atoms with Gasteiger partial charge in [-0.15, -0.1) is 0 Å². The third kappa shape index (κ3) is 3.00. The van der Waals surface area contributed by atoms with Crippen LogP contribution in [0.15, 0.2) is 0 Å². The Morgan fingerprint density at radius 3 is 2.31 bits per heavy atom. The summed E-state index contributed by atoms with van der Waals surface area (Å²) in [4.78, 5) is 2.87. The van der Waals surface area contributed by atoms with Crippen LogP contribution in [-0.4, -0.2) is 23.5 Å². The molecule has 2 heterocycles. The Labute approximate surface area is 102 Å². The summed E-state index contributed by atoms with van der Waals surface area (Å²) in [5.41, 5.74) is 0. The highest BCUT2D eigenvalue weighted by atomic mass is 15.2. The second-order valence-corrected chi connectivity index (χ2v) is 6.11. The predicted octanol–water partition coefficient (Wildman–Crippen LogP) is 4.22. The number of hydrogen-bond donors (Lipinski definition) is 0. The van der Waals surface area contributed by atoms with Crippen LogP contribution in [0, 0.1) is 5.92 Å². The van der Waals surface area contributed by atoms with Crippen LogP contribution >= 0.6 is 0 Å². The van der Waals surface area contributed by atoms with E-state index >= 15 is 0 Å². The monoisotopic (exact) mass is 223 g/mol. The van der Waals surface area contributed by atoms with Crippen LogP contribution in [0.5, 0.6) is 0 Å².